The fourth-order valence-electron chi connectivity index (χ4n) is 2.94. The summed E-state index contributed by atoms with van der Waals surface area (Å²) in [6.45, 7) is 7.05. The highest BCUT2D eigenvalue weighted by Gasteiger charge is 2.30. The molecule has 8 heteroatoms. The lowest BCUT2D eigenvalue weighted by Gasteiger charge is -2.34. The first-order chi connectivity index (χ1) is 11.3. The van der Waals surface area contributed by atoms with Crippen LogP contribution in [0.15, 0.2) is 23.1 Å². The number of amides is 1. The Morgan fingerprint density at radius 1 is 1.21 bits per heavy atom. The number of rotatable bonds is 3. The van der Waals surface area contributed by atoms with Crippen molar-refractivity contribution in [2.45, 2.75) is 25.7 Å². The molecular weight excluding hydrogens is 328 g/mol. The van der Waals surface area contributed by atoms with Crippen LogP contribution in [0, 0.1) is 12.8 Å². The number of aromatic amines is 1. The van der Waals surface area contributed by atoms with E-state index in [1.165, 1.54) is 4.31 Å². The van der Waals surface area contributed by atoms with Gasteiger partial charge in [-0.05, 0) is 25.1 Å². The maximum Gasteiger partial charge on any atom is 0.243 e. The Morgan fingerprint density at radius 2 is 1.88 bits per heavy atom. The smallest absolute Gasteiger partial charge is 0.243 e. The quantitative estimate of drug-likeness (QED) is 0.905. The highest BCUT2D eigenvalue weighted by atomic mass is 32.2. The Kier molecular flexibility index (Phi) is 4.35. The third kappa shape index (κ3) is 3.03. The minimum absolute atomic E-state index is 0.0702. The van der Waals surface area contributed by atoms with Crippen LogP contribution < -0.4 is 0 Å². The van der Waals surface area contributed by atoms with E-state index in [4.69, 9.17) is 0 Å². The molecule has 2 aromatic rings. The molecular formula is C16H22N4O3S. The van der Waals surface area contributed by atoms with Crippen molar-refractivity contribution in [2.75, 3.05) is 26.2 Å². The van der Waals surface area contributed by atoms with E-state index in [1.54, 1.807) is 23.1 Å². The molecule has 1 amide bonds. The molecule has 1 N–H and O–H groups in total. The van der Waals surface area contributed by atoms with E-state index in [2.05, 4.69) is 9.97 Å². The summed E-state index contributed by atoms with van der Waals surface area (Å²) in [6, 6.07) is 4.92. The van der Waals surface area contributed by atoms with Gasteiger partial charge in [0.05, 0.1) is 15.9 Å². The van der Waals surface area contributed by atoms with Crippen LogP contribution in [-0.2, 0) is 14.8 Å². The van der Waals surface area contributed by atoms with Gasteiger partial charge in [-0.15, -0.1) is 0 Å². The van der Waals surface area contributed by atoms with Gasteiger partial charge in [0.1, 0.15) is 5.82 Å². The molecule has 7 nitrogen and oxygen atoms in total. The number of carbonyl (C=O) groups excluding carboxylic acids is 1. The van der Waals surface area contributed by atoms with Crippen LogP contribution in [0.4, 0.5) is 0 Å². The van der Waals surface area contributed by atoms with E-state index >= 15 is 0 Å². The lowest BCUT2D eigenvalue weighted by molar-refractivity contribution is -0.135. The number of nitrogens with one attached hydrogen (secondary N) is 1. The van der Waals surface area contributed by atoms with Crippen molar-refractivity contribution < 1.29 is 13.2 Å². The van der Waals surface area contributed by atoms with Gasteiger partial charge < -0.3 is 9.88 Å². The fourth-order valence-corrected chi connectivity index (χ4v) is 4.39. The summed E-state index contributed by atoms with van der Waals surface area (Å²) < 4.78 is 27.1. The topological polar surface area (TPSA) is 86.4 Å². The van der Waals surface area contributed by atoms with Crippen molar-refractivity contribution in [1.29, 1.82) is 0 Å². The largest absolute Gasteiger partial charge is 0.342 e. The minimum Gasteiger partial charge on any atom is -0.342 e. The summed E-state index contributed by atoms with van der Waals surface area (Å²) in [7, 11) is -3.57. The van der Waals surface area contributed by atoms with Crippen LogP contribution in [0.2, 0.25) is 0 Å². The Bertz CT molecular complexity index is 865. The number of hydrogen-bond acceptors (Lipinski definition) is 4. The second-order valence-corrected chi connectivity index (χ2v) is 8.32. The highest BCUT2D eigenvalue weighted by molar-refractivity contribution is 7.89. The van der Waals surface area contributed by atoms with Gasteiger partial charge in [0.25, 0.3) is 0 Å². The molecule has 0 spiro atoms. The molecule has 1 aliphatic rings. The van der Waals surface area contributed by atoms with Crippen molar-refractivity contribution in [3.63, 3.8) is 0 Å². The third-order valence-corrected chi connectivity index (χ3v) is 6.15. The van der Waals surface area contributed by atoms with Crippen molar-refractivity contribution in [1.82, 2.24) is 19.2 Å². The summed E-state index contributed by atoms with van der Waals surface area (Å²) in [5, 5.41) is 0. The number of benzene rings is 1. The second-order valence-electron chi connectivity index (χ2n) is 6.39. The first-order valence-electron chi connectivity index (χ1n) is 8.04. The van der Waals surface area contributed by atoms with E-state index in [-0.39, 0.29) is 16.7 Å². The van der Waals surface area contributed by atoms with Crippen molar-refractivity contribution in [3.8, 4) is 0 Å². The van der Waals surface area contributed by atoms with Crippen LogP contribution >= 0.6 is 0 Å². The molecule has 0 atom stereocenters. The molecule has 0 unspecified atom stereocenters. The lowest BCUT2D eigenvalue weighted by Crippen LogP contribution is -2.51. The van der Waals surface area contributed by atoms with E-state index in [1.807, 2.05) is 20.8 Å². The van der Waals surface area contributed by atoms with Gasteiger partial charge in [-0.2, -0.15) is 4.31 Å². The fraction of sp³-hybridized carbons (Fsp3) is 0.500. The Hall–Kier alpha value is -1.93. The normalized spacial score (nSPS) is 16.9. The molecule has 1 saturated heterocycles. The maximum absolute atomic E-state index is 12.8. The molecule has 24 heavy (non-hydrogen) atoms. The lowest BCUT2D eigenvalue weighted by atomic mass is 10.2. The number of aromatic nitrogens is 2. The first kappa shape index (κ1) is 16.9. The second kappa shape index (κ2) is 6.18. The predicted octanol–water partition coefficient (Wildman–Crippen LogP) is 1.36. The average molecular weight is 350 g/mol. The molecule has 1 aromatic carbocycles. The monoisotopic (exact) mass is 350 g/mol. The van der Waals surface area contributed by atoms with Crippen LogP contribution in [-0.4, -0.2) is 59.7 Å². The number of carbonyl (C=O) groups is 1. The minimum atomic E-state index is -3.57. The van der Waals surface area contributed by atoms with Crippen molar-refractivity contribution in [3.05, 3.63) is 24.0 Å². The molecule has 1 aromatic heterocycles. The van der Waals surface area contributed by atoms with Crippen LogP contribution in [0.5, 0.6) is 0 Å². The standard InChI is InChI=1S/C16H22N4O3S/c1-11(2)16(21)19-6-8-20(9-7-19)24(22,23)13-4-5-14-15(10-13)18-12(3)17-14/h4-5,10-11H,6-9H2,1-3H3,(H,17,18). The SMILES string of the molecule is Cc1nc2ccc(S(=O)(=O)N3CCN(C(=O)C(C)C)CC3)cc2[nH]1. The van der Waals surface area contributed by atoms with Crippen LogP contribution in [0.1, 0.15) is 19.7 Å². The molecule has 0 radical (unpaired) electrons. The molecule has 130 valence electrons. The maximum atomic E-state index is 12.8. The number of sulfonamides is 1. The van der Waals surface area contributed by atoms with Crippen LogP contribution in [0.25, 0.3) is 11.0 Å². The van der Waals surface area contributed by atoms with Gasteiger partial charge in [0.15, 0.2) is 0 Å². The number of hydrogen-bond donors (Lipinski definition) is 1. The van der Waals surface area contributed by atoms with Crippen molar-refractivity contribution >= 4 is 27.0 Å². The molecule has 0 aliphatic carbocycles. The predicted molar refractivity (Wildman–Crippen MR) is 91.0 cm³/mol. The first-order valence-corrected chi connectivity index (χ1v) is 9.48. The molecule has 0 saturated carbocycles. The molecule has 2 heterocycles. The molecule has 0 bridgehead atoms. The van der Waals surface area contributed by atoms with Crippen LogP contribution in [0.3, 0.4) is 0 Å². The number of imidazole rings is 1. The summed E-state index contributed by atoms with van der Waals surface area (Å²) in [4.78, 5) is 21.4. The van der Waals surface area contributed by atoms with Gasteiger partial charge in [0, 0.05) is 32.1 Å². The van der Waals surface area contributed by atoms with Crippen molar-refractivity contribution in [2.24, 2.45) is 5.92 Å². The van der Waals surface area contributed by atoms with E-state index in [0.29, 0.717) is 31.7 Å². The Labute approximate surface area is 141 Å². The number of nitrogens with zero attached hydrogens (tertiary/aromatic N) is 3. The van der Waals surface area contributed by atoms with E-state index in [9.17, 15) is 13.2 Å². The van der Waals surface area contributed by atoms with Gasteiger partial charge >= 0.3 is 0 Å². The van der Waals surface area contributed by atoms with E-state index < -0.39 is 10.0 Å². The Balaban J connectivity index is 1.79. The van der Waals surface area contributed by atoms with Gasteiger partial charge in [-0.25, -0.2) is 13.4 Å². The summed E-state index contributed by atoms with van der Waals surface area (Å²) in [5.74, 6) is 0.751. The highest BCUT2D eigenvalue weighted by Crippen LogP contribution is 2.22. The van der Waals surface area contributed by atoms with Gasteiger partial charge in [-0.1, -0.05) is 13.8 Å². The molecule has 1 aliphatic heterocycles. The zero-order chi connectivity index (χ0) is 17.5. The summed E-state index contributed by atoms with van der Waals surface area (Å²) in [5.41, 5.74) is 1.46. The average Bonchev–Trinajstić information content (AvgIpc) is 2.93. The molecule has 3 rings (SSSR count). The number of H-pyrrole nitrogens is 1. The number of piperazine rings is 1. The summed E-state index contributed by atoms with van der Waals surface area (Å²) >= 11 is 0. The number of aryl methyl sites for hydroxylation is 1. The zero-order valence-electron chi connectivity index (χ0n) is 14.1. The zero-order valence-corrected chi connectivity index (χ0v) is 14.9. The Morgan fingerprint density at radius 3 is 2.50 bits per heavy atom. The van der Waals surface area contributed by atoms with E-state index in [0.717, 1.165) is 11.3 Å². The van der Waals surface area contributed by atoms with Gasteiger partial charge in [0.2, 0.25) is 15.9 Å². The third-order valence-electron chi connectivity index (χ3n) is 4.25. The van der Waals surface area contributed by atoms with Gasteiger partial charge in [-0.3, -0.25) is 4.79 Å². The molecule has 1 fully saturated rings. The summed E-state index contributed by atoms with van der Waals surface area (Å²) in [6.07, 6.45) is 0. The number of fused-ring (bicyclic) bond motifs is 1.